The van der Waals surface area contributed by atoms with E-state index in [-0.39, 0.29) is 0 Å². The number of rotatable bonds is 2. The van der Waals surface area contributed by atoms with Crippen LogP contribution in [0.25, 0.3) is 0 Å². The molecule has 1 atom stereocenters. The smallest absolute Gasteiger partial charge is 0.0178 e. The van der Waals surface area contributed by atoms with Crippen LogP contribution in [0, 0.1) is 10.8 Å². The summed E-state index contributed by atoms with van der Waals surface area (Å²) in [6, 6.07) is 8.76. The summed E-state index contributed by atoms with van der Waals surface area (Å²) in [6.07, 6.45) is 1.22. The normalized spacial score (nSPS) is 14.8. The summed E-state index contributed by atoms with van der Waals surface area (Å²) < 4.78 is 1.18. The van der Waals surface area contributed by atoms with E-state index in [0.29, 0.717) is 16.7 Å². The van der Waals surface area contributed by atoms with Crippen LogP contribution in [-0.2, 0) is 0 Å². The van der Waals surface area contributed by atoms with Crippen molar-refractivity contribution in [3.05, 3.63) is 34.3 Å². The Morgan fingerprint density at radius 1 is 1.06 bits per heavy atom. The van der Waals surface area contributed by atoms with Gasteiger partial charge in [0.05, 0.1) is 0 Å². The standard InChI is InChI=1S/C16H25Br/c1-15(2,3)11-14(16(4,5)6)12-8-7-9-13(17)10-12/h7-10,14H,11H2,1-6H3. The van der Waals surface area contributed by atoms with Crippen LogP contribution in [0.2, 0.25) is 0 Å². The van der Waals surface area contributed by atoms with Gasteiger partial charge >= 0.3 is 0 Å². The van der Waals surface area contributed by atoms with Crippen molar-refractivity contribution in [3.8, 4) is 0 Å². The molecule has 0 fully saturated rings. The fourth-order valence-corrected chi connectivity index (χ4v) is 2.68. The third kappa shape index (κ3) is 4.83. The molecule has 1 aromatic carbocycles. The van der Waals surface area contributed by atoms with E-state index in [9.17, 15) is 0 Å². The summed E-state index contributed by atoms with van der Waals surface area (Å²) >= 11 is 3.58. The molecule has 0 amide bonds. The fourth-order valence-electron chi connectivity index (χ4n) is 2.26. The highest BCUT2D eigenvalue weighted by atomic mass is 79.9. The predicted molar refractivity (Wildman–Crippen MR) is 80.4 cm³/mol. The molecule has 0 radical (unpaired) electrons. The van der Waals surface area contributed by atoms with Crippen molar-refractivity contribution in [3.63, 3.8) is 0 Å². The molecule has 1 aromatic rings. The van der Waals surface area contributed by atoms with Crippen LogP contribution in [-0.4, -0.2) is 0 Å². The Bertz CT molecular complexity index is 366. The van der Waals surface area contributed by atoms with E-state index in [1.54, 1.807) is 0 Å². The van der Waals surface area contributed by atoms with E-state index in [1.165, 1.54) is 16.5 Å². The molecule has 0 N–H and O–H groups in total. The van der Waals surface area contributed by atoms with Crippen LogP contribution < -0.4 is 0 Å². The molecule has 1 rings (SSSR count). The van der Waals surface area contributed by atoms with Crippen molar-refractivity contribution in [1.29, 1.82) is 0 Å². The molecule has 1 unspecified atom stereocenters. The summed E-state index contributed by atoms with van der Waals surface area (Å²) in [5.74, 6) is 0.597. The van der Waals surface area contributed by atoms with E-state index in [1.807, 2.05) is 0 Å². The second-order valence-corrected chi connectivity index (χ2v) is 8.15. The lowest BCUT2D eigenvalue weighted by Crippen LogP contribution is -2.23. The minimum Gasteiger partial charge on any atom is -0.0609 e. The highest BCUT2D eigenvalue weighted by Crippen LogP contribution is 2.43. The summed E-state index contributed by atoms with van der Waals surface area (Å²) in [5, 5.41) is 0. The van der Waals surface area contributed by atoms with E-state index < -0.39 is 0 Å². The summed E-state index contributed by atoms with van der Waals surface area (Å²) in [6.45, 7) is 14.0. The fraction of sp³-hybridized carbons (Fsp3) is 0.625. The molecule has 0 aromatic heterocycles. The van der Waals surface area contributed by atoms with Gasteiger partial charge in [-0.25, -0.2) is 0 Å². The molecule has 0 saturated heterocycles. The lowest BCUT2D eigenvalue weighted by Gasteiger charge is -2.36. The van der Waals surface area contributed by atoms with Crippen molar-refractivity contribution in [2.45, 2.75) is 53.9 Å². The Labute approximate surface area is 115 Å². The maximum Gasteiger partial charge on any atom is 0.0178 e. The molecular formula is C16H25Br. The zero-order chi connectivity index (χ0) is 13.3. The second kappa shape index (κ2) is 5.14. The molecule has 0 spiro atoms. The molecule has 0 heterocycles. The van der Waals surface area contributed by atoms with Crippen LogP contribution in [0.3, 0.4) is 0 Å². The van der Waals surface area contributed by atoms with E-state index >= 15 is 0 Å². The minimum absolute atomic E-state index is 0.300. The lowest BCUT2D eigenvalue weighted by atomic mass is 9.69. The number of halogens is 1. The maximum atomic E-state index is 3.58. The van der Waals surface area contributed by atoms with Crippen molar-refractivity contribution in [2.24, 2.45) is 10.8 Å². The zero-order valence-electron chi connectivity index (χ0n) is 12.0. The number of hydrogen-bond donors (Lipinski definition) is 0. The Hall–Kier alpha value is -0.300. The number of benzene rings is 1. The molecule has 0 saturated carbocycles. The van der Waals surface area contributed by atoms with Crippen LogP contribution in [0.15, 0.2) is 28.7 Å². The van der Waals surface area contributed by atoms with Gasteiger partial charge in [-0.3, -0.25) is 0 Å². The Balaban J connectivity index is 3.07. The SMILES string of the molecule is CC(C)(C)CC(c1cccc(Br)c1)C(C)(C)C. The third-order valence-electron chi connectivity index (χ3n) is 3.11. The van der Waals surface area contributed by atoms with Gasteiger partial charge in [-0.15, -0.1) is 0 Å². The Morgan fingerprint density at radius 3 is 2.06 bits per heavy atom. The first-order chi connectivity index (χ1) is 7.59. The monoisotopic (exact) mass is 296 g/mol. The van der Waals surface area contributed by atoms with Crippen molar-refractivity contribution < 1.29 is 0 Å². The van der Waals surface area contributed by atoms with Gasteiger partial charge in [0.2, 0.25) is 0 Å². The summed E-state index contributed by atoms with van der Waals surface area (Å²) in [4.78, 5) is 0. The first-order valence-electron chi connectivity index (χ1n) is 6.35. The van der Waals surface area contributed by atoms with Gasteiger partial charge in [-0.2, -0.15) is 0 Å². The van der Waals surface area contributed by atoms with E-state index in [2.05, 4.69) is 81.7 Å². The molecule has 0 aliphatic heterocycles. The molecule has 1 heteroatoms. The van der Waals surface area contributed by atoms with Gasteiger partial charge in [-0.05, 0) is 40.9 Å². The Kier molecular flexibility index (Phi) is 4.46. The first-order valence-corrected chi connectivity index (χ1v) is 7.14. The van der Waals surface area contributed by atoms with Gasteiger partial charge < -0.3 is 0 Å². The van der Waals surface area contributed by atoms with E-state index in [0.717, 1.165) is 0 Å². The average Bonchev–Trinajstić information content (AvgIpc) is 2.11. The van der Waals surface area contributed by atoms with E-state index in [4.69, 9.17) is 0 Å². The second-order valence-electron chi connectivity index (χ2n) is 7.24. The van der Waals surface area contributed by atoms with Crippen LogP contribution in [0.1, 0.15) is 59.4 Å². The van der Waals surface area contributed by atoms with Crippen molar-refractivity contribution in [1.82, 2.24) is 0 Å². The van der Waals surface area contributed by atoms with Crippen LogP contribution >= 0.6 is 15.9 Å². The van der Waals surface area contributed by atoms with Crippen molar-refractivity contribution in [2.75, 3.05) is 0 Å². The molecule has 17 heavy (non-hydrogen) atoms. The molecule has 0 aliphatic carbocycles. The summed E-state index contributed by atoms with van der Waals surface area (Å²) in [7, 11) is 0. The number of hydrogen-bond acceptors (Lipinski definition) is 0. The topological polar surface area (TPSA) is 0 Å². The average molecular weight is 297 g/mol. The van der Waals surface area contributed by atoms with Crippen molar-refractivity contribution >= 4 is 15.9 Å². The molecule has 0 nitrogen and oxygen atoms in total. The largest absolute Gasteiger partial charge is 0.0609 e. The first kappa shape index (κ1) is 14.8. The third-order valence-corrected chi connectivity index (χ3v) is 3.61. The molecular weight excluding hydrogens is 272 g/mol. The summed E-state index contributed by atoms with van der Waals surface area (Å²) in [5.41, 5.74) is 2.11. The zero-order valence-corrected chi connectivity index (χ0v) is 13.6. The highest BCUT2D eigenvalue weighted by molar-refractivity contribution is 9.10. The quantitative estimate of drug-likeness (QED) is 0.626. The van der Waals surface area contributed by atoms with Crippen LogP contribution in [0.4, 0.5) is 0 Å². The highest BCUT2D eigenvalue weighted by Gasteiger charge is 2.30. The molecule has 0 bridgehead atoms. The maximum absolute atomic E-state index is 3.58. The van der Waals surface area contributed by atoms with Gasteiger partial charge in [-0.1, -0.05) is 69.6 Å². The van der Waals surface area contributed by atoms with Gasteiger partial charge in [0.1, 0.15) is 0 Å². The minimum atomic E-state index is 0.300. The molecule has 96 valence electrons. The van der Waals surface area contributed by atoms with Gasteiger partial charge in [0, 0.05) is 4.47 Å². The van der Waals surface area contributed by atoms with Gasteiger partial charge in [0.15, 0.2) is 0 Å². The Morgan fingerprint density at radius 2 is 1.65 bits per heavy atom. The predicted octanol–water partition coefficient (Wildman–Crippen LogP) is 6.02. The lowest BCUT2D eigenvalue weighted by molar-refractivity contribution is 0.229. The van der Waals surface area contributed by atoms with Crippen LogP contribution in [0.5, 0.6) is 0 Å². The van der Waals surface area contributed by atoms with Gasteiger partial charge in [0.25, 0.3) is 0 Å². The molecule has 0 aliphatic rings.